The van der Waals surface area contributed by atoms with E-state index in [1.54, 1.807) is 0 Å². The lowest BCUT2D eigenvalue weighted by molar-refractivity contribution is 1.22. The summed E-state index contributed by atoms with van der Waals surface area (Å²) < 4.78 is 0. The lowest BCUT2D eigenvalue weighted by atomic mass is 10.2. The minimum atomic E-state index is 0.774. The van der Waals surface area contributed by atoms with Gasteiger partial charge in [0.2, 0.25) is 0 Å². The molecule has 0 radical (unpaired) electrons. The summed E-state index contributed by atoms with van der Waals surface area (Å²) in [6.45, 7) is 2.00. The molecule has 0 N–H and O–H groups in total. The Hall–Kier alpha value is -0.340. The van der Waals surface area contributed by atoms with Crippen LogP contribution in [-0.4, -0.2) is 0 Å². The van der Waals surface area contributed by atoms with Crippen LogP contribution in [0.4, 0.5) is 0 Å². The molecule has 0 spiro atoms. The molecule has 0 atom stereocenters. The minimum absolute atomic E-state index is 0.774. The van der Waals surface area contributed by atoms with Crippen molar-refractivity contribution in [3.05, 3.63) is 23.8 Å². The van der Waals surface area contributed by atoms with Crippen molar-refractivity contribution < 1.29 is 0 Å². The second-order valence-corrected chi connectivity index (χ2v) is 2.83. The smallest absolute Gasteiger partial charge is 0.0398 e. The fraction of sp³-hybridized carbons (Fsp3) is 0.143. The normalized spacial score (nSPS) is 9.44. The van der Waals surface area contributed by atoms with E-state index in [9.17, 15) is 0 Å². The molecule has 0 amide bonds. The number of benzene rings is 1. The second kappa shape index (κ2) is 2.50. The van der Waals surface area contributed by atoms with E-state index in [1.165, 1.54) is 5.56 Å². The van der Waals surface area contributed by atoms with E-state index in [1.807, 2.05) is 25.1 Å². The number of aryl methyl sites for hydroxylation is 1. The Balaban J connectivity index is 3.17. The predicted octanol–water partition coefficient (Wildman–Crippen LogP) is 1.81. The standard InChI is InChI=1S/C7H8S2/c1-5-2-3-6(8)7(9)4-5/h2-4,8-9H,1H3/p-2. The van der Waals surface area contributed by atoms with Crippen molar-refractivity contribution >= 4 is 25.3 Å². The quantitative estimate of drug-likeness (QED) is 0.523. The van der Waals surface area contributed by atoms with E-state index >= 15 is 0 Å². The second-order valence-electron chi connectivity index (χ2n) is 1.95. The highest BCUT2D eigenvalue weighted by Gasteiger charge is 1.77. The van der Waals surface area contributed by atoms with Crippen LogP contribution in [0.1, 0.15) is 5.56 Å². The van der Waals surface area contributed by atoms with Crippen molar-refractivity contribution in [3.63, 3.8) is 0 Å². The van der Waals surface area contributed by atoms with Gasteiger partial charge in [0.25, 0.3) is 0 Å². The van der Waals surface area contributed by atoms with Gasteiger partial charge in [-0.25, -0.2) is 0 Å². The zero-order valence-corrected chi connectivity index (χ0v) is 6.68. The molecule has 0 aliphatic rings. The van der Waals surface area contributed by atoms with Gasteiger partial charge in [0, 0.05) is 0 Å². The van der Waals surface area contributed by atoms with Gasteiger partial charge in [0.05, 0.1) is 0 Å². The Kier molecular flexibility index (Phi) is 1.88. The van der Waals surface area contributed by atoms with Crippen LogP contribution in [0.2, 0.25) is 0 Å². The highest BCUT2D eigenvalue weighted by molar-refractivity contribution is 7.62. The minimum Gasteiger partial charge on any atom is -0.781 e. The Morgan fingerprint density at radius 2 is 1.78 bits per heavy atom. The molecule has 1 rings (SSSR count). The van der Waals surface area contributed by atoms with E-state index < -0.39 is 0 Å². The Morgan fingerprint density at radius 1 is 1.11 bits per heavy atom. The molecule has 0 aromatic heterocycles. The molecule has 0 fully saturated rings. The third-order valence-electron chi connectivity index (χ3n) is 1.10. The first-order valence-electron chi connectivity index (χ1n) is 2.65. The van der Waals surface area contributed by atoms with Gasteiger partial charge < -0.3 is 25.3 Å². The van der Waals surface area contributed by atoms with E-state index in [0.717, 1.165) is 9.79 Å². The largest absolute Gasteiger partial charge is 0.781 e. The summed E-state index contributed by atoms with van der Waals surface area (Å²) in [6, 6.07) is 5.75. The zero-order chi connectivity index (χ0) is 6.85. The molecular formula is C7H6S2-2. The summed E-state index contributed by atoms with van der Waals surface area (Å²) in [5.41, 5.74) is 1.17. The Bertz CT molecular complexity index is 218. The zero-order valence-electron chi connectivity index (χ0n) is 5.05. The van der Waals surface area contributed by atoms with Crippen LogP contribution >= 0.6 is 0 Å². The molecule has 9 heavy (non-hydrogen) atoms. The van der Waals surface area contributed by atoms with E-state index in [4.69, 9.17) is 25.3 Å². The van der Waals surface area contributed by atoms with Gasteiger partial charge in [-0.05, 0) is 6.92 Å². The molecule has 0 heterocycles. The van der Waals surface area contributed by atoms with Crippen LogP contribution < -0.4 is 0 Å². The molecule has 2 heteroatoms. The van der Waals surface area contributed by atoms with Gasteiger partial charge in [0.15, 0.2) is 0 Å². The van der Waals surface area contributed by atoms with Crippen LogP contribution in [0.25, 0.3) is 0 Å². The molecular weight excluding hydrogens is 148 g/mol. The van der Waals surface area contributed by atoms with Crippen molar-refractivity contribution in [2.75, 3.05) is 0 Å². The number of hydrogen-bond acceptors (Lipinski definition) is 2. The van der Waals surface area contributed by atoms with Crippen molar-refractivity contribution in [3.8, 4) is 0 Å². The van der Waals surface area contributed by atoms with Crippen LogP contribution in [0.15, 0.2) is 28.0 Å². The van der Waals surface area contributed by atoms with Gasteiger partial charge in [0.1, 0.15) is 0 Å². The summed E-state index contributed by atoms with van der Waals surface area (Å²) in [7, 11) is 0. The molecule has 0 unspecified atom stereocenters. The highest BCUT2D eigenvalue weighted by Crippen LogP contribution is 2.08. The van der Waals surface area contributed by atoms with Gasteiger partial charge in [-0.2, -0.15) is 9.79 Å². The van der Waals surface area contributed by atoms with E-state index in [-0.39, 0.29) is 0 Å². The number of hydrogen-bond donors (Lipinski definition) is 0. The van der Waals surface area contributed by atoms with Crippen molar-refractivity contribution in [1.29, 1.82) is 0 Å². The van der Waals surface area contributed by atoms with Gasteiger partial charge in [-0.1, -0.05) is 23.8 Å². The first kappa shape index (κ1) is 6.78. The fourth-order valence-electron chi connectivity index (χ4n) is 0.615. The lowest BCUT2D eigenvalue weighted by Gasteiger charge is -2.18. The summed E-state index contributed by atoms with van der Waals surface area (Å²) in [4.78, 5) is 1.56. The average molecular weight is 154 g/mol. The molecule has 48 valence electrons. The third kappa shape index (κ3) is 1.53. The highest BCUT2D eigenvalue weighted by atomic mass is 32.1. The topological polar surface area (TPSA) is 0 Å². The molecule has 1 aromatic rings. The molecule has 0 aliphatic carbocycles. The summed E-state index contributed by atoms with van der Waals surface area (Å²) in [5.74, 6) is 0. The molecule has 0 bridgehead atoms. The molecule has 0 saturated carbocycles. The molecule has 0 saturated heterocycles. The summed E-state index contributed by atoms with van der Waals surface area (Å²) >= 11 is 9.85. The monoisotopic (exact) mass is 154 g/mol. The number of rotatable bonds is 0. The van der Waals surface area contributed by atoms with Crippen LogP contribution in [0.3, 0.4) is 0 Å². The van der Waals surface area contributed by atoms with Crippen LogP contribution in [0.5, 0.6) is 0 Å². The fourth-order valence-corrected chi connectivity index (χ4v) is 0.996. The van der Waals surface area contributed by atoms with E-state index in [2.05, 4.69) is 0 Å². The maximum Gasteiger partial charge on any atom is -0.0398 e. The molecule has 1 aromatic carbocycles. The first-order chi connectivity index (χ1) is 4.20. The lowest BCUT2D eigenvalue weighted by Crippen LogP contribution is -1.78. The third-order valence-corrected chi connectivity index (χ3v) is 1.92. The Morgan fingerprint density at radius 3 is 2.22 bits per heavy atom. The predicted molar refractivity (Wildman–Crippen MR) is 42.4 cm³/mol. The molecule has 0 aliphatic heterocycles. The van der Waals surface area contributed by atoms with Gasteiger partial charge >= 0.3 is 0 Å². The maximum absolute atomic E-state index is 4.94. The summed E-state index contributed by atoms with van der Waals surface area (Å²) in [5, 5.41) is 0. The van der Waals surface area contributed by atoms with Crippen LogP contribution in [0, 0.1) is 6.92 Å². The van der Waals surface area contributed by atoms with Crippen molar-refractivity contribution in [2.24, 2.45) is 0 Å². The maximum atomic E-state index is 4.94. The van der Waals surface area contributed by atoms with Crippen molar-refractivity contribution in [1.82, 2.24) is 0 Å². The van der Waals surface area contributed by atoms with Crippen molar-refractivity contribution in [2.45, 2.75) is 16.7 Å². The average Bonchev–Trinajstić information content (AvgIpc) is 1.80. The molecule has 0 nitrogen and oxygen atoms in total. The van der Waals surface area contributed by atoms with Gasteiger partial charge in [-0.15, -0.1) is 0 Å². The Labute approximate surface area is 66.1 Å². The van der Waals surface area contributed by atoms with Crippen LogP contribution in [-0.2, 0) is 25.3 Å². The van der Waals surface area contributed by atoms with Gasteiger partial charge in [-0.3, -0.25) is 0 Å². The SMILES string of the molecule is Cc1ccc([S-])c([S-])c1. The van der Waals surface area contributed by atoms with E-state index in [0.29, 0.717) is 0 Å². The first-order valence-corrected chi connectivity index (χ1v) is 3.46. The summed E-state index contributed by atoms with van der Waals surface area (Å²) in [6.07, 6.45) is 0.